The molecule has 10 nitrogen and oxygen atoms in total. The van der Waals surface area contributed by atoms with Crippen LogP contribution in [0.25, 0.3) is 11.1 Å². The second-order valence-electron chi connectivity index (χ2n) is 5.23. The molecule has 1 aromatic heterocycles. The molecule has 0 unspecified atom stereocenters. The number of carbonyl (C=O) groups is 2. The van der Waals surface area contributed by atoms with Gasteiger partial charge in [-0.3, -0.25) is 24.8 Å². The summed E-state index contributed by atoms with van der Waals surface area (Å²) < 4.78 is 5.85. The van der Waals surface area contributed by atoms with Crippen LogP contribution in [0.4, 0.5) is 16.2 Å². The first-order valence-electron chi connectivity index (χ1n) is 7.38. The van der Waals surface area contributed by atoms with Gasteiger partial charge in [-0.2, -0.15) is 0 Å². The van der Waals surface area contributed by atoms with E-state index < -0.39 is 29.2 Å². The maximum atomic E-state index is 12.0. The number of aromatic nitrogens is 1. The summed E-state index contributed by atoms with van der Waals surface area (Å²) in [6.07, 6.45) is 0. The van der Waals surface area contributed by atoms with Crippen LogP contribution in [-0.2, 0) is 11.3 Å². The van der Waals surface area contributed by atoms with Gasteiger partial charge < -0.3 is 9.73 Å². The quantitative estimate of drug-likeness (QED) is 0.541. The van der Waals surface area contributed by atoms with Gasteiger partial charge in [0.2, 0.25) is 5.91 Å². The topological polar surface area (TPSA) is 136 Å². The van der Waals surface area contributed by atoms with E-state index in [1.807, 2.05) is 0 Å². The molecule has 0 aliphatic carbocycles. The van der Waals surface area contributed by atoms with Gasteiger partial charge in [0.05, 0.1) is 10.4 Å². The first-order chi connectivity index (χ1) is 12.4. The molecule has 3 aromatic rings. The van der Waals surface area contributed by atoms with Gasteiger partial charge in [-0.15, -0.1) is 0 Å². The van der Waals surface area contributed by atoms with E-state index in [-0.39, 0.29) is 16.8 Å². The smallest absolute Gasteiger partial charge is 0.408 e. The normalized spacial score (nSPS) is 10.5. The van der Waals surface area contributed by atoms with Crippen molar-refractivity contribution < 1.29 is 18.9 Å². The molecule has 0 radical (unpaired) electrons. The lowest BCUT2D eigenvalue weighted by Crippen LogP contribution is -2.37. The van der Waals surface area contributed by atoms with E-state index in [1.165, 1.54) is 12.1 Å². The number of nitrogens with zero attached hydrogens (tertiary/aromatic N) is 2. The van der Waals surface area contributed by atoms with Crippen molar-refractivity contribution in [2.45, 2.75) is 6.54 Å². The highest BCUT2D eigenvalue weighted by Crippen LogP contribution is 2.19. The van der Waals surface area contributed by atoms with E-state index in [1.54, 1.807) is 30.3 Å². The van der Waals surface area contributed by atoms with Crippen molar-refractivity contribution in [1.82, 2.24) is 9.88 Å². The number of non-ortho nitro benzene ring substituents is 1. The summed E-state index contributed by atoms with van der Waals surface area (Å²) in [5, 5.41) is 15.4. The fourth-order valence-corrected chi connectivity index (χ4v) is 2.31. The van der Waals surface area contributed by atoms with Crippen LogP contribution in [0.3, 0.4) is 0 Å². The van der Waals surface area contributed by atoms with Gasteiger partial charge in [0.1, 0.15) is 6.54 Å². The maximum absolute atomic E-state index is 12.0. The molecule has 0 saturated heterocycles. The molecule has 0 atom stereocenters. The number of para-hydroxylation sites is 1. The molecule has 0 aliphatic rings. The number of imide groups is 1. The van der Waals surface area contributed by atoms with E-state index >= 15 is 0 Å². The first kappa shape index (κ1) is 16.9. The summed E-state index contributed by atoms with van der Waals surface area (Å²) in [4.78, 5) is 45.9. The molecule has 132 valence electrons. The van der Waals surface area contributed by atoms with Crippen LogP contribution in [0, 0.1) is 10.1 Å². The summed E-state index contributed by atoms with van der Waals surface area (Å²) in [7, 11) is 0. The lowest BCUT2D eigenvalue weighted by atomic mass is 10.3. The van der Waals surface area contributed by atoms with Crippen molar-refractivity contribution in [3.63, 3.8) is 0 Å². The first-order valence-corrected chi connectivity index (χ1v) is 7.38. The number of nitro benzene ring substituents is 1. The summed E-state index contributed by atoms with van der Waals surface area (Å²) >= 11 is 0. The number of anilines is 1. The molecule has 0 fully saturated rings. The number of fused-ring (bicyclic) bond motifs is 1. The number of hydrogen-bond acceptors (Lipinski definition) is 6. The third-order valence-electron chi connectivity index (χ3n) is 3.45. The van der Waals surface area contributed by atoms with Crippen molar-refractivity contribution in [2.75, 3.05) is 5.32 Å². The standard InChI is InChI=1S/C16H12N4O6/c21-14(18-15(22)17-10-4-2-1-3-5-10)9-19-12-8-11(20(24)25)6-7-13(12)26-16(19)23/h1-8H,9H2,(H2,17,18,21,22). The van der Waals surface area contributed by atoms with E-state index in [0.29, 0.717) is 5.69 Å². The second kappa shape index (κ2) is 6.89. The monoisotopic (exact) mass is 356 g/mol. The Morgan fingerprint density at radius 2 is 1.88 bits per heavy atom. The molecule has 0 bridgehead atoms. The minimum absolute atomic E-state index is 0.0859. The largest absolute Gasteiger partial charge is 0.420 e. The lowest BCUT2D eigenvalue weighted by molar-refractivity contribution is -0.384. The number of benzene rings is 2. The fourth-order valence-electron chi connectivity index (χ4n) is 2.31. The van der Waals surface area contributed by atoms with Crippen LogP contribution in [-0.4, -0.2) is 21.4 Å². The average molecular weight is 356 g/mol. The Balaban J connectivity index is 1.75. The number of urea groups is 1. The molecule has 3 amide bonds. The SMILES string of the molecule is O=C(Cn1c(=O)oc2ccc([N+](=O)[O-])cc21)NC(=O)Nc1ccccc1. The summed E-state index contributed by atoms with van der Waals surface area (Å²) in [6, 6.07) is 11.3. The van der Waals surface area contributed by atoms with E-state index in [0.717, 1.165) is 10.6 Å². The maximum Gasteiger partial charge on any atom is 0.420 e. The number of carbonyl (C=O) groups excluding carboxylic acids is 2. The Labute approximate surface area is 145 Å². The molecule has 0 spiro atoms. The van der Waals surface area contributed by atoms with Crippen LogP contribution in [0.2, 0.25) is 0 Å². The van der Waals surface area contributed by atoms with Crippen molar-refractivity contribution in [1.29, 1.82) is 0 Å². The van der Waals surface area contributed by atoms with Crippen molar-refractivity contribution in [3.05, 3.63) is 69.2 Å². The predicted molar refractivity (Wildman–Crippen MR) is 90.7 cm³/mol. The Hall–Kier alpha value is -3.95. The molecule has 0 aliphatic heterocycles. The van der Waals surface area contributed by atoms with Gasteiger partial charge in [-0.1, -0.05) is 18.2 Å². The van der Waals surface area contributed by atoms with Crippen LogP contribution < -0.4 is 16.4 Å². The third kappa shape index (κ3) is 3.59. The van der Waals surface area contributed by atoms with Gasteiger partial charge in [0.15, 0.2) is 5.58 Å². The van der Waals surface area contributed by atoms with Crippen molar-refractivity contribution in [2.24, 2.45) is 0 Å². The Morgan fingerprint density at radius 3 is 2.58 bits per heavy atom. The van der Waals surface area contributed by atoms with Crippen LogP contribution in [0.1, 0.15) is 0 Å². The van der Waals surface area contributed by atoms with Crippen LogP contribution in [0.15, 0.2) is 57.7 Å². The van der Waals surface area contributed by atoms with E-state index in [2.05, 4.69) is 10.6 Å². The Bertz CT molecular complexity index is 1050. The predicted octanol–water partition coefficient (Wildman–Crippen LogP) is 1.85. The average Bonchev–Trinajstić information content (AvgIpc) is 2.90. The molecule has 0 saturated carbocycles. The number of amides is 3. The van der Waals surface area contributed by atoms with Crippen LogP contribution in [0.5, 0.6) is 0 Å². The second-order valence-corrected chi connectivity index (χ2v) is 5.23. The number of oxazole rings is 1. The molecule has 2 aromatic carbocycles. The number of nitro groups is 1. The van der Waals surface area contributed by atoms with Gasteiger partial charge in [-0.25, -0.2) is 9.59 Å². The highest BCUT2D eigenvalue weighted by Gasteiger charge is 2.17. The molecule has 3 rings (SSSR count). The van der Waals surface area contributed by atoms with Crippen molar-refractivity contribution in [3.8, 4) is 0 Å². The zero-order chi connectivity index (χ0) is 18.7. The van der Waals surface area contributed by atoms with Crippen molar-refractivity contribution >= 4 is 34.4 Å². The Kier molecular flexibility index (Phi) is 4.48. The summed E-state index contributed by atoms with van der Waals surface area (Å²) in [6.45, 7) is -0.533. The van der Waals surface area contributed by atoms with E-state index in [9.17, 15) is 24.5 Å². The number of rotatable bonds is 4. The minimum atomic E-state index is -0.862. The number of nitrogens with one attached hydrogen (secondary N) is 2. The minimum Gasteiger partial charge on any atom is -0.408 e. The molecule has 26 heavy (non-hydrogen) atoms. The van der Waals surface area contributed by atoms with Gasteiger partial charge in [0, 0.05) is 17.8 Å². The summed E-state index contributed by atoms with van der Waals surface area (Å²) in [5.41, 5.74) is 0.415. The molecular weight excluding hydrogens is 344 g/mol. The van der Waals surface area contributed by atoms with Gasteiger partial charge in [-0.05, 0) is 18.2 Å². The van der Waals surface area contributed by atoms with Crippen LogP contribution >= 0.6 is 0 Å². The number of hydrogen-bond donors (Lipinski definition) is 2. The zero-order valence-electron chi connectivity index (χ0n) is 13.2. The third-order valence-corrected chi connectivity index (χ3v) is 3.45. The highest BCUT2D eigenvalue weighted by molar-refractivity contribution is 6.01. The molecular formula is C16H12N4O6. The van der Waals surface area contributed by atoms with Gasteiger partial charge >= 0.3 is 11.8 Å². The zero-order valence-corrected chi connectivity index (χ0v) is 13.2. The summed E-state index contributed by atoms with van der Waals surface area (Å²) in [5.74, 6) is -1.64. The molecule has 10 heteroatoms. The molecule has 1 heterocycles. The fraction of sp³-hybridized carbons (Fsp3) is 0.0625. The highest BCUT2D eigenvalue weighted by atomic mass is 16.6. The van der Waals surface area contributed by atoms with Gasteiger partial charge in [0.25, 0.3) is 5.69 Å². The Morgan fingerprint density at radius 1 is 1.15 bits per heavy atom. The lowest BCUT2D eigenvalue weighted by Gasteiger charge is -2.06. The molecule has 2 N–H and O–H groups in total. The van der Waals surface area contributed by atoms with E-state index in [4.69, 9.17) is 4.42 Å².